The van der Waals surface area contributed by atoms with E-state index in [-0.39, 0.29) is 0 Å². The number of carbonyl (C=O) groups is 1. The number of nitrogens with one attached hydrogen (secondary N) is 2. The third-order valence-corrected chi connectivity index (χ3v) is 8.36. The molecule has 1 amide bonds. The van der Waals surface area contributed by atoms with Crippen LogP contribution >= 0.6 is 0 Å². The molecule has 0 atom stereocenters. The minimum Gasteiger partial charge on any atom is -0.404 e. The zero-order valence-corrected chi connectivity index (χ0v) is 25.4. The number of H-pyrrole nitrogens is 1. The Morgan fingerprint density at radius 2 is 1.84 bits per heavy atom. The van der Waals surface area contributed by atoms with Gasteiger partial charge in [-0.15, -0.1) is 0 Å². The lowest BCUT2D eigenvalue weighted by molar-refractivity contribution is -0.111. The van der Waals surface area contributed by atoms with Crippen LogP contribution in [0.15, 0.2) is 66.4 Å². The molecule has 0 bridgehead atoms. The number of aromatic nitrogens is 2. The molecule has 0 saturated carbocycles. The average Bonchev–Trinajstić information content (AvgIpc) is 3.40. The number of hydrogen-bond donors (Lipinski definition) is 3. The monoisotopic (exact) mass is 579 g/mol. The van der Waals surface area contributed by atoms with Gasteiger partial charge >= 0.3 is 0 Å². The minimum absolute atomic E-state index is 0.358. The Balaban J connectivity index is 1.73. The van der Waals surface area contributed by atoms with E-state index in [0.717, 1.165) is 76.5 Å². The maximum atomic E-state index is 15.5. The van der Waals surface area contributed by atoms with Crippen molar-refractivity contribution in [3.63, 3.8) is 0 Å². The van der Waals surface area contributed by atoms with Gasteiger partial charge in [0.05, 0.1) is 11.4 Å². The van der Waals surface area contributed by atoms with Crippen LogP contribution in [0.5, 0.6) is 0 Å². The largest absolute Gasteiger partial charge is 0.404 e. The molecule has 9 heteroatoms. The number of rotatable bonds is 7. The fourth-order valence-corrected chi connectivity index (χ4v) is 5.66. The number of fused-ring (bicyclic) bond motifs is 1. The van der Waals surface area contributed by atoms with Gasteiger partial charge in [-0.2, -0.15) is 0 Å². The molecule has 222 valence electrons. The number of amides is 1. The summed E-state index contributed by atoms with van der Waals surface area (Å²) in [5.74, 6) is -0.830. The molecule has 0 spiro atoms. The standard InChI is InChI=1S/C34H38FN7O/c1-7-30(43)39-32-20(2)26(17-29(35)21(32)3)31-27-16-24(28(18-36)22(4)37-5)19-38-34(27)40-33(31)23-8-10-25(11-9-23)42-14-12-41(6)13-15-42/h7-11,16-19H,1,12-15,36H2,2-6H3,(H,38,40)(H,39,43)/b28-18+,37-22?. The molecular formula is C34H38FN7O. The van der Waals surface area contributed by atoms with Crippen LogP contribution in [0.2, 0.25) is 0 Å². The van der Waals surface area contributed by atoms with Gasteiger partial charge in [-0.25, -0.2) is 9.37 Å². The van der Waals surface area contributed by atoms with Crippen LogP contribution in [0.1, 0.15) is 23.6 Å². The zero-order chi connectivity index (χ0) is 30.8. The highest BCUT2D eigenvalue weighted by Crippen LogP contribution is 2.43. The Morgan fingerprint density at radius 3 is 2.47 bits per heavy atom. The minimum atomic E-state index is -0.425. The Morgan fingerprint density at radius 1 is 1.14 bits per heavy atom. The molecule has 5 rings (SSSR count). The summed E-state index contributed by atoms with van der Waals surface area (Å²) in [6, 6.07) is 12.0. The Bertz CT molecular complexity index is 1760. The van der Waals surface area contributed by atoms with Crippen molar-refractivity contribution in [3.05, 3.63) is 84.0 Å². The summed E-state index contributed by atoms with van der Waals surface area (Å²) >= 11 is 0. The molecule has 3 heterocycles. The number of nitrogens with zero attached hydrogens (tertiary/aromatic N) is 4. The zero-order valence-electron chi connectivity index (χ0n) is 25.4. The summed E-state index contributed by atoms with van der Waals surface area (Å²) in [5.41, 5.74) is 14.8. The number of nitrogens with two attached hydrogens (primary N) is 1. The second-order valence-electron chi connectivity index (χ2n) is 10.9. The molecule has 1 saturated heterocycles. The summed E-state index contributed by atoms with van der Waals surface area (Å²) in [5, 5.41) is 3.61. The SMILES string of the molecule is C=CC(=O)Nc1c(C)c(F)cc(-c2c(-c3ccc(N4CCN(C)CC4)cc3)[nH]c3ncc(/C(=C/N)C(C)=NC)cc23)c1C. The van der Waals surface area contributed by atoms with Crippen LogP contribution in [-0.4, -0.2) is 66.8 Å². The number of carbonyl (C=O) groups excluding carboxylic acids is 1. The predicted octanol–water partition coefficient (Wildman–Crippen LogP) is 5.92. The summed E-state index contributed by atoms with van der Waals surface area (Å²) < 4.78 is 15.5. The third-order valence-electron chi connectivity index (χ3n) is 8.36. The lowest BCUT2D eigenvalue weighted by atomic mass is 9.91. The number of hydrogen-bond acceptors (Lipinski definition) is 6. The Hall–Kier alpha value is -4.76. The van der Waals surface area contributed by atoms with Gasteiger partial charge in [0.25, 0.3) is 0 Å². The van der Waals surface area contributed by atoms with Crippen molar-refractivity contribution < 1.29 is 9.18 Å². The molecule has 0 aliphatic carbocycles. The molecule has 1 fully saturated rings. The molecule has 43 heavy (non-hydrogen) atoms. The number of likely N-dealkylation sites (N-methyl/N-ethyl adjacent to an activating group) is 1. The van der Waals surface area contributed by atoms with Crippen LogP contribution in [-0.2, 0) is 4.79 Å². The van der Waals surface area contributed by atoms with E-state index in [1.54, 1.807) is 20.2 Å². The van der Waals surface area contributed by atoms with E-state index < -0.39 is 11.7 Å². The smallest absolute Gasteiger partial charge is 0.247 e. The number of anilines is 2. The average molecular weight is 580 g/mol. The van der Waals surface area contributed by atoms with Gasteiger partial charge in [-0.3, -0.25) is 9.79 Å². The van der Waals surface area contributed by atoms with E-state index in [0.29, 0.717) is 22.5 Å². The van der Waals surface area contributed by atoms with Crippen molar-refractivity contribution in [2.24, 2.45) is 10.7 Å². The molecule has 8 nitrogen and oxygen atoms in total. The van der Waals surface area contributed by atoms with Crippen molar-refractivity contribution >= 4 is 39.6 Å². The van der Waals surface area contributed by atoms with Crippen LogP contribution in [0, 0.1) is 19.7 Å². The molecule has 0 radical (unpaired) electrons. The van der Waals surface area contributed by atoms with E-state index in [1.165, 1.54) is 18.3 Å². The number of aromatic amines is 1. The first-order chi connectivity index (χ1) is 20.7. The molecular weight excluding hydrogens is 541 g/mol. The van der Waals surface area contributed by atoms with Crippen LogP contribution < -0.4 is 16.0 Å². The molecule has 4 aromatic rings. The fraction of sp³-hybridized carbons (Fsp3) is 0.265. The molecule has 0 unspecified atom stereocenters. The van der Waals surface area contributed by atoms with Gasteiger partial charge in [-0.1, -0.05) is 18.7 Å². The predicted molar refractivity (Wildman–Crippen MR) is 176 cm³/mol. The van der Waals surface area contributed by atoms with Gasteiger partial charge in [0.1, 0.15) is 11.5 Å². The quantitative estimate of drug-likeness (QED) is 0.186. The summed E-state index contributed by atoms with van der Waals surface area (Å²) in [4.78, 5) is 29.6. The first-order valence-electron chi connectivity index (χ1n) is 14.3. The van der Waals surface area contributed by atoms with Crippen molar-refractivity contribution in [1.29, 1.82) is 0 Å². The normalized spacial score (nSPS) is 14.8. The van der Waals surface area contributed by atoms with Crippen molar-refractivity contribution in [1.82, 2.24) is 14.9 Å². The number of piperazine rings is 1. The molecule has 4 N–H and O–H groups in total. The third kappa shape index (κ3) is 5.68. The number of pyridine rings is 1. The van der Waals surface area contributed by atoms with Gasteiger partial charge in [0.15, 0.2) is 0 Å². The van der Waals surface area contributed by atoms with Crippen LogP contribution in [0.25, 0.3) is 39.0 Å². The van der Waals surface area contributed by atoms with Gasteiger partial charge in [0, 0.05) is 84.7 Å². The fourth-order valence-electron chi connectivity index (χ4n) is 5.66. The maximum Gasteiger partial charge on any atom is 0.247 e. The van der Waals surface area contributed by atoms with E-state index >= 15 is 4.39 Å². The molecule has 1 aliphatic heterocycles. The van der Waals surface area contributed by atoms with E-state index in [2.05, 4.69) is 63.0 Å². The highest BCUT2D eigenvalue weighted by molar-refractivity contribution is 6.23. The summed E-state index contributed by atoms with van der Waals surface area (Å²) in [6.07, 6.45) is 4.46. The highest BCUT2D eigenvalue weighted by atomic mass is 19.1. The first-order valence-corrected chi connectivity index (χ1v) is 14.3. The first kappa shape index (κ1) is 29.7. The summed E-state index contributed by atoms with van der Waals surface area (Å²) in [6.45, 7) is 13.0. The number of benzene rings is 2. The maximum absolute atomic E-state index is 15.5. The van der Waals surface area contributed by atoms with Crippen LogP contribution in [0.4, 0.5) is 15.8 Å². The summed E-state index contributed by atoms with van der Waals surface area (Å²) in [7, 11) is 3.86. The second-order valence-corrected chi connectivity index (χ2v) is 10.9. The molecule has 2 aromatic carbocycles. The van der Waals surface area contributed by atoms with Gasteiger partial charge in [0.2, 0.25) is 5.91 Å². The number of aliphatic imine (C=N–C) groups is 1. The lowest BCUT2D eigenvalue weighted by Gasteiger charge is -2.34. The van der Waals surface area contributed by atoms with Crippen molar-refractivity contribution in [2.75, 3.05) is 50.5 Å². The lowest BCUT2D eigenvalue weighted by Crippen LogP contribution is -2.44. The molecule has 1 aliphatic rings. The topological polar surface area (TPSA) is 103 Å². The van der Waals surface area contributed by atoms with Crippen molar-refractivity contribution in [3.8, 4) is 22.4 Å². The number of halogens is 1. The van der Waals surface area contributed by atoms with Gasteiger partial charge in [-0.05, 0) is 74.9 Å². The van der Waals surface area contributed by atoms with Crippen molar-refractivity contribution in [2.45, 2.75) is 20.8 Å². The Kier molecular flexibility index (Phi) is 8.45. The highest BCUT2D eigenvalue weighted by Gasteiger charge is 2.23. The van der Waals surface area contributed by atoms with Gasteiger partial charge < -0.3 is 25.8 Å². The number of allylic oxidation sites excluding steroid dienone is 1. The van der Waals surface area contributed by atoms with E-state index in [1.807, 2.05) is 19.9 Å². The van der Waals surface area contributed by atoms with E-state index in [4.69, 9.17) is 10.7 Å². The van der Waals surface area contributed by atoms with Crippen LogP contribution in [0.3, 0.4) is 0 Å². The van der Waals surface area contributed by atoms with E-state index in [9.17, 15) is 4.79 Å². The molecule has 2 aromatic heterocycles. The second kappa shape index (κ2) is 12.2. The Labute approximate surface area is 251 Å².